The summed E-state index contributed by atoms with van der Waals surface area (Å²) in [5.74, 6) is 0.866. The van der Waals surface area contributed by atoms with Crippen molar-refractivity contribution in [3.8, 4) is 0 Å². The zero-order chi connectivity index (χ0) is 14.8. The van der Waals surface area contributed by atoms with Gasteiger partial charge in [0.05, 0.1) is 5.69 Å². The maximum absolute atomic E-state index is 5.01. The number of nitrogens with one attached hydrogen (secondary N) is 1. The number of thiazole rings is 1. The quantitative estimate of drug-likeness (QED) is 0.906. The van der Waals surface area contributed by atoms with Gasteiger partial charge in [-0.1, -0.05) is 25.2 Å². The summed E-state index contributed by atoms with van der Waals surface area (Å²) in [6.07, 6.45) is 7.56. The molecule has 1 aliphatic heterocycles. The highest BCUT2D eigenvalue weighted by Crippen LogP contribution is 2.39. The van der Waals surface area contributed by atoms with E-state index in [4.69, 9.17) is 4.98 Å². The number of rotatable bonds is 4. The number of anilines is 1. The van der Waals surface area contributed by atoms with E-state index in [1.54, 1.807) is 0 Å². The van der Waals surface area contributed by atoms with Crippen LogP contribution < -0.4 is 10.2 Å². The molecule has 3 unspecified atom stereocenters. The lowest BCUT2D eigenvalue weighted by Gasteiger charge is -2.36. The third-order valence-electron chi connectivity index (χ3n) is 4.96. The second-order valence-corrected chi connectivity index (χ2v) is 7.89. The first-order chi connectivity index (χ1) is 10.2. The Morgan fingerprint density at radius 3 is 2.95 bits per heavy atom. The molecular weight excluding hydrogens is 278 g/mol. The Morgan fingerprint density at radius 2 is 2.19 bits per heavy atom. The van der Waals surface area contributed by atoms with Gasteiger partial charge in [-0.15, -0.1) is 0 Å². The summed E-state index contributed by atoms with van der Waals surface area (Å²) >= 11 is 1.96. The smallest absolute Gasteiger partial charge is 0.186 e. The lowest BCUT2D eigenvalue weighted by atomic mass is 9.94. The van der Waals surface area contributed by atoms with Gasteiger partial charge in [-0.25, -0.2) is 4.98 Å². The molecule has 1 aliphatic carbocycles. The molecule has 21 heavy (non-hydrogen) atoms. The van der Waals surface area contributed by atoms with Gasteiger partial charge in [0.15, 0.2) is 5.13 Å². The number of fused-ring (bicyclic) bond motifs is 1. The van der Waals surface area contributed by atoms with Gasteiger partial charge < -0.3 is 10.2 Å². The largest absolute Gasteiger partial charge is 0.345 e. The van der Waals surface area contributed by atoms with E-state index in [1.165, 1.54) is 60.8 Å². The molecule has 3 nitrogen and oxygen atoms in total. The minimum absolute atomic E-state index is 0.555. The number of aromatic nitrogens is 1. The Balaban J connectivity index is 1.78. The van der Waals surface area contributed by atoms with E-state index in [-0.39, 0.29) is 0 Å². The third-order valence-corrected chi connectivity index (χ3v) is 6.21. The first-order valence-electron chi connectivity index (χ1n) is 8.68. The maximum Gasteiger partial charge on any atom is 0.186 e. The fourth-order valence-corrected chi connectivity index (χ4v) is 5.08. The maximum atomic E-state index is 5.01. The highest BCUT2D eigenvalue weighted by Gasteiger charge is 2.29. The molecule has 0 bridgehead atoms. The van der Waals surface area contributed by atoms with Crippen LogP contribution in [-0.2, 0) is 6.42 Å². The number of piperidine rings is 1. The number of nitrogens with zero attached hydrogens (tertiary/aromatic N) is 2. The van der Waals surface area contributed by atoms with Crippen molar-refractivity contribution in [2.24, 2.45) is 5.92 Å². The summed E-state index contributed by atoms with van der Waals surface area (Å²) in [6, 6.07) is 1.20. The van der Waals surface area contributed by atoms with Crippen molar-refractivity contribution in [1.82, 2.24) is 10.3 Å². The van der Waals surface area contributed by atoms with Crippen LogP contribution >= 0.6 is 11.3 Å². The highest BCUT2D eigenvalue weighted by atomic mass is 32.1. The average molecular weight is 308 g/mol. The minimum atomic E-state index is 0.555. The zero-order valence-corrected chi connectivity index (χ0v) is 14.5. The van der Waals surface area contributed by atoms with Crippen LogP contribution in [0, 0.1) is 5.92 Å². The van der Waals surface area contributed by atoms with E-state index in [0.29, 0.717) is 12.1 Å². The minimum Gasteiger partial charge on any atom is -0.345 e. The number of hydrogen-bond donors (Lipinski definition) is 1. The summed E-state index contributed by atoms with van der Waals surface area (Å²) in [4.78, 5) is 9.09. The fourth-order valence-electron chi connectivity index (χ4n) is 3.73. The molecule has 0 saturated carbocycles. The van der Waals surface area contributed by atoms with Crippen LogP contribution in [0.4, 0.5) is 5.13 Å². The molecule has 118 valence electrons. The molecule has 0 amide bonds. The topological polar surface area (TPSA) is 28.2 Å². The Kier molecular flexibility index (Phi) is 4.85. The lowest BCUT2D eigenvalue weighted by molar-refractivity contribution is 0.377. The summed E-state index contributed by atoms with van der Waals surface area (Å²) in [5.41, 5.74) is 1.38. The third kappa shape index (κ3) is 3.26. The highest BCUT2D eigenvalue weighted by molar-refractivity contribution is 7.15. The molecule has 4 heteroatoms. The fraction of sp³-hybridized carbons (Fsp3) is 0.824. The first-order valence-corrected chi connectivity index (χ1v) is 9.50. The van der Waals surface area contributed by atoms with Gasteiger partial charge in [-0.05, 0) is 57.9 Å². The van der Waals surface area contributed by atoms with Crippen molar-refractivity contribution < 1.29 is 0 Å². The van der Waals surface area contributed by atoms with Gasteiger partial charge >= 0.3 is 0 Å². The Labute approximate surface area is 133 Å². The average Bonchev–Trinajstić information content (AvgIpc) is 2.89. The van der Waals surface area contributed by atoms with E-state index in [0.717, 1.165) is 12.5 Å². The van der Waals surface area contributed by atoms with Gasteiger partial charge in [0.1, 0.15) is 0 Å². The van der Waals surface area contributed by atoms with Crippen molar-refractivity contribution >= 4 is 16.5 Å². The van der Waals surface area contributed by atoms with Crippen molar-refractivity contribution in [3.63, 3.8) is 0 Å². The van der Waals surface area contributed by atoms with E-state index in [2.05, 4.69) is 31.0 Å². The predicted octanol–water partition coefficient (Wildman–Crippen LogP) is 4.14. The Bertz CT molecular complexity index is 471. The zero-order valence-electron chi connectivity index (χ0n) is 13.7. The van der Waals surface area contributed by atoms with Gasteiger partial charge in [0, 0.05) is 23.5 Å². The van der Waals surface area contributed by atoms with Crippen molar-refractivity contribution in [3.05, 3.63) is 10.6 Å². The summed E-state index contributed by atoms with van der Waals surface area (Å²) in [6.45, 7) is 9.29. The molecule has 1 aromatic rings. The van der Waals surface area contributed by atoms with Crippen LogP contribution in [-0.4, -0.2) is 24.1 Å². The molecule has 1 fully saturated rings. The molecule has 3 atom stereocenters. The van der Waals surface area contributed by atoms with Crippen LogP contribution in [0.25, 0.3) is 0 Å². The molecular formula is C17H29N3S. The van der Waals surface area contributed by atoms with Crippen LogP contribution in [0.1, 0.15) is 69.5 Å². The first kappa shape index (κ1) is 15.3. The van der Waals surface area contributed by atoms with Crippen LogP contribution in [0.5, 0.6) is 0 Å². The van der Waals surface area contributed by atoms with E-state index in [1.807, 2.05) is 11.3 Å². The van der Waals surface area contributed by atoms with E-state index < -0.39 is 0 Å². The standard InChI is InChI=1S/C17H29N3S/c1-4-9-18-14-6-5-7-15-16(14)21-17(19-15)20-10-8-12(2)11-13(20)3/h12-14,18H,4-11H2,1-3H3. The SMILES string of the molecule is CCCNC1CCCc2nc(N3CCC(C)CC3C)sc21. The second-order valence-electron chi connectivity index (χ2n) is 6.88. The summed E-state index contributed by atoms with van der Waals surface area (Å²) in [5, 5.41) is 5.00. The summed E-state index contributed by atoms with van der Waals surface area (Å²) in [7, 11) is 0. The molecule has 1 aromatic heterocycles. The van der Waals surface area contributed by atoms with Crippen molar-refractivity contribution in [2.75, 3.05) is 18.0 Å². The molecule has 1 N–H and O–H groups in total. The Hall–Kier alpha value is -0.610. The van der Waals surface area contributed by atoms with Crippen LogP contribution in [0.15, 0.2) is 0 Å². The van der Waals surface area contributed by atoms with Crippen LogP contribution in [0.3, 0.4) is 0 Å². The molecule has 0 spiro atoms. The Morgan fingerprint density at radius 1 is 1.33 bits per heavy atom. The van der Waals surface area contributed by atoms with Gasteiger partial charge in [0.25, 0.3) is 0 Å². The molecule has 3 rings (SSSR count). The molecule has 0 radical (unpaired) electrons. The van der Waals surface area contributed by atoms with Crippen molar-refractivity contribution in [2.45, 2.75) is 71.4 Å². The number of hydrogen-bond acceptors (Lipinski definition) is 4. The molecule has 2 heterocycles. The van der Waals surface area contributed by atoms with E-state index >= 15 is 0 Å². The van der Waals surface area contributed by atoms with Gasteiger partial charge in [-0.3, -0.25) is 0 Å². The number of aryl methyl sites for hydroxylation is 1. The van der Waals surface area contributed by atoms with Crippen molar-refractivity contribution in [1.29, 1.82) is 0 Å². The molecule has 2 aliphatic rings. The molecule has 0 aromatic carbocycles. The predicted molar refractivity (Wildman–Crippen MR) is 91.3 cm³/mol. The normalized spacial score (nSPS) is 29.5. The second kappa shape index (κ2) is 6.66. The summed E-state index contributed by atoms with van der Waals surface area (Å²) < 4.78 is 0. The van der Waals surface area contributed by atoms with Gasteiger partial charge in [-0.2, -0.15) is 0 Å². The molecule has 1 saturated heterocycles. The van der Waals surface area contributed by atoms with Gasteiger partial charge in [0.2, 0.25) is 0 Å². The monoisotopic (exact) mass is 307 g/mol. The lowest BCUT2D eigenvalue weighted by Crippen LogP contribution is -2.40. The van der Waals surface area contributed by atoms with E-state index in [9.17, 15) is 0 Å². The van der Waals surface area contributed by atoms with Crippen LogP contribution in [0.2, 0.25) is 0 Å².